The van der Waals surface area contributed by atoms with Crippen molar-refractivity contribution in [3.8, 4) is 0 Å². The Bertz CT molecular complexity index is 235. The van der Waals surface area contributed by atoms with Crippen LogP contribution in [0.25, 0.3) is 0 Å². The molecular formula is C14H28N2. The Hall–Kier alpha value is -0.0800. The number of likely N-dealkylation sites (tertiary alicyclic amines) is 1. The lowest BCUT2D eigenvalue weighted by Gasteiger charge is -2.42. The quantitative estimate of drug-likeness (QED) is 0.776. The summed E-state index contributed by atoms with van der Waals surface area (Å²) >= 11 is 0. The lowest BCUT2D eigenvalue weighted by Crippen LogP contribution is -2.48. The van der Waals surface area contributed by atoms with Crippen molar-refractivity contribution in [2.45, 2.75) is 71.0 Å². The van der Waals surface area contributed by atoms with E-state index in [0.29, 0.717) is 11.6 Å². The summed E-state index contributed by atoms with van der Waals surface area (Å²) < 4.78 is 0. The SMILES string of the molecule is CC(C)N1CCCCC1C1CNC(C)(C)C1. The highest BCUT2D eigenvalue weighted by Crippen LogP contribution is 2.33. The summed E-state index contributed by atoms with van der Waals surface area (Å²) in [5.74, 6) is 0.873. The first-order valence-electron chi connectivity index (χ1n) is 7.00. The van der Waals surface area contributed by atoms with Crippen LogP contribution in [-0.2, 0) is 0 Å². The minimum atomic E-state index is 0.366. The molecule has 2 heteroatoms. The van der Waals surface area contributed by atoms with Gasteiger partial charge in [-0.1, -0.05) is 6.42 Å². The van der Waals surface area contributed by atoms with Crippen molar-refractivity contribution in [2.24, 2.45) is 5.92 Å². The Labute approximate surface area is 101 Å². The van der Waals surface area contributed by atoms with Gasteiger partial charge in [-0.15, -0.1) is 0 Å². The fourth-order valence-corrected chi connectivity index (χ4v) is 3.61. The third-order valence-corrected chi connectivity index (χ3v) is 4.41. The zero-order chi connectivity index (χ0) is 11.8. The highest BCUT2D eigenvalue weighted by atomic mass is 15.2. The van der Waals surface area contributed by atoms with Gasteiger partial charge in [0.2, 0.25) is 0 Å². The number of piperidine rings is 1. The van der Waals surface area contributed by atoms with Crippen LogP contribution in [0, 0.1) is 5.92 Å². The molecule has 2 saturated heterocycles. The Morgan fingerprint density at radius 1 is 1.25 bits per heavy atom. The van der Waals surface area contributed by atoms with Gasteiger partial charge < -0.3 is 5.32 Å². The standard InChI is InChI=1S/C14H28N2/c1-11(2)16-8-6-5-7-13(16)12-9-14(3,4)15-10-12/h11-13,15H,5-10H2,1-4H3. The lowest BCUT2D eigenvalue weighted by molar-refractivity contribution is 0.0737. The van der Waals surface area contributed by atoms with E-state index in [-0.39, 0.29) is 0 Å². The second kappa shape index (κ2) is 4.66. The minimum Gasteiger partial charge on any atom is -0.311 e. The van der Waals surface area contributed by atoms with Gasteiger partial charge in [-0.3, -0.25) is 4.90 Å². The molecule has 2 rings (SSSR count). The molecule has 2 unspecified atom stereocenters. The van der Waals surface area contributed by atoms with E-state index in [0.717, 1.165) is 12.0 Å². The van der Waals surface area contributed by atoms with Crippen LogP contribution in [0.3, 0.4) is 0 Å². The molecule has 94 valence electrons. The van der Waals surface area contributed by atoms with Gasteiger partial charge in [0.15, 0.2) is 0 Å². The van der Waals surface area contributed by atoms with E-state index in [1.807, 2.05) is 0 Å². The van der Waals surface area contributed by atoms with Crippen LogP contribution in [0.5, 0.6) is 0 Å². The second-order valence-electron chi connectivity index (χ2n) is 6.62. The summed E-state index contributed by atoms with van der Waals surface area (Å²) in [4.78, 5) is 2.75. The lowest BCUT2D eigenvalue weighted by atomic mass is 9.85. The van der Waals surface area contributed by atoms with Gasteiger partial charge in [0.05, 0.1) is 0 Å². The number of nitrogens with zero attached hydrogens (tertiary/aromatic N) is 1. The Morgan fingerprint density at radius 3 is 2.56 bits per heavy atom. The number of nitrogens with one attached hydrogen (secondary N) is 1. The van der Waals surface area contributed by atoms with E-state index in [2.05, 4.69) is 37.9 Å². The van der Waals surface area contributed by atoms with Crippen LogP contribution in [-0.4, -0.2) is 35.6 Å². The van der Waals surface area contributed by atoms with E-state index in [1.54, 1.807) is 0 Å². The largest absolute Gasteiger partial charge is 0.311 e. The van der Waals surface area contributed by atoms with E-state index < -0.39 is 0 Å². The third-order valence-electron chi connectivity index (χ3n) is 4.41. The molecule has 2 aliphatic heterocycles. The third kappa shape index (κ3) is 2.60. The maximum absolute atomic E-state index is 3.68. The summed E-state index contributed by atoms with van der Waals surface area (Å²) in [6, 6.07) is 1.55. The van der Waals surface area contributed by atoms with Gasteiger partial charge >= 0.3 is 0 Å². The average molecular weight is 224 g/mol. The van der Waals surface area contributed by atoms with Crippen molar-refractivity contribution in [3.05, 3.63) is 0 Å². The predicted octanol–water partition coefficient (Wildman–Crippen LogP) is 2.64. The Morgan fingerprint density at radius 2 is 2.00 bits per heavy atom. The fraction of sp³-hybridized carbons (Fsp3) is 1.00. The normalized spacial score (nSPS) is 35.8. The number of hydrogen-bond acceptors (Lipinski definition) is 2. The molecule has 0 aromatic rings. The van der Waals surface area contributed by atoms with Crippen LogP contribution in [0.2, 0.25) is 0 Å². The van der Waals surface area contributed by atoms with E-state index in [9.17, 15) is 0 Å². The van der Waals surface area contributed by atoms with Crippen molar-refractivity contribution in [1.82, 2.24) is 10.2 Å². The molecule has 0 aromatic heterocycles. The molecule has 0 saturated carbocycles. The molecule has 2 aliphatic rings. The van der Waals surface area contributed by atoms with Gasteiger partial charge in [0.25, 0.3) is 0 Å². The van der Waals surface area contributed by atoms with Crippen molar-refractivity contribution < 1.29 is 0 Å². The second-order valence-corrected chi connectivity index (χ2v) is 6.62. The summed E-state index contributed by atoms with van der Waals surface area (Å²) in [5.41, 5.74) is 0.366. The summed E-state index contributed by atoms with van der Waals surface area (Å²) in [6.45, 7) is 11.9. The molecular weight excluding hydrogens is 196 g/mol. The van der Waals surface area contributed by atoms with Crippen LogP contribution in [0.1, 0.15) is 53.4 Å². The maximum atomic E-state index is 3.68. The van der Waals surface area contributed by atoms with Gasteiger partial charge in [0, 0.05) is 24.2 Å². The van der Waals surface area contributed by atoms with E-state index in [4.69, 9.17) is 0 Å². The Balaban J connectivity index is 2.01. The molecule has 2 atom stereocenters. The first-order valence-corrected chi connectivity index (χ1v) is 7.00. The molecule has 0 aromatic carbocycles. The van der Waals surface area contributed by atoms with Crippen LogP contribution < -0.4 is 5.32 Å². The zero-order valence-corrected chi connectivity index (χ0v) is 11.4. The topological polar surface area (TPSA) is 15.3 Å². The fourth-order valence-electron chi connectivity index (χ4n) is 3.61. The first-order chi connectivity index (χ1) is 7.49. The summed E-state index contributed by atoms with van der Waals surface area (Å²) in [6.07, 6.45) is 5.60. The van der Waals surface area contributed by atoms with Crippen molar-refractivity contribution >= 4 is 0 Å². The van der Waals surface area contributed by atoms with E-state index in [1.165, 1.54) is 38.8 Å². The highest BCUT2D eigenvalue weighted by Gasteiger charge is 2.38. The van der Waals surface area contributed by atoms with Gasteiger partial charge in [-0.2, -0.15) is 0 Å². The molecule has 0 amide bonds. The number of hydrogen-bond donors (Lipinski definition) is 1. The van der Waals surface area contributed by atoms with Gasteiger partial charge in [-0.25, -0.2) is 0 Å². The molecule has 0 bridgehead atoms. The molecule has 2 heterocycles. The summed E-state index contributed by atoms with van der Waals surface area (Å²) in [7, 11) is 0. The monoisotopic (exact) mass is 224 g/mol. The van der Waals surface area contributed by atoms with Crippen molar-refractivity contribution in [1.29, 1.82) is 0 Å². The molecule has 2 fully saturated rings. The Kier molecular flexibility index (Phi) is 3.60. The van der Waals surface area contributed by atoms with Crippen molar-refractivity contribution in [2.75, 3.05) is 13.1 Å². The highest BCUT2D eigenvalue weighted by molar-refractivity contribution is 4.96. The smallest absolute Gasteiger partial charge is 0.0139 e. The predicted molar refractivity (Wildman–Crippen MR) is 69.7 cm³/mol. The zero-order valence-electron chi connectivity index (χ0n) is 11.4. The van der Waals surface area contributed by atoms with Crippen LogP contribution >= 0.6 is 0 Å². The average Bonchev–Trinajstić information content (AvgIpc) is 2.59. The van der Waals surface area contributed by atoms with Crippen molar-refractivity contribution in [3.63, 3.8) is 0 Å². The van der Waals surface area contributed by atoms with E-state index >= 15 is 0 Å². The van der Waals surface area contributed by atoms with Crippen LogP contribution in [0.4, 0.5) is 0 Å². The molecule has 2 nitrogen and oxygen atoms in total. The van der Waals surface area contributed by atoms with Gasteiger partial charge in [-0.05, 0) is 59.4 Å². The first kappa shape index (κ1) is 12.4. The van der Waals surface area contributed by atoms with Crippen LogP contribution in [0.15, 0.2) is 0 Å². The maximum Gasteiger partial charge on any atom is 0.0139 e. The molecule has 16 heavy (non-hydrogen) atoms. The number of rotatable bonds is 2. The summed E-state index contributed by atoms with van der Waals surface area (Å²) in [5, 5.41) is 3.68. The molecule has 1 N–H and O–H groups in total. The molecule has 0 spiro atoms. The molecule has 0 aliphatic carbocycles. The van der Waals surface area contributed by atoms with Gasteiger partial charge in [0.1, 0.15) is 0 Å². The minimum absolute atomic E-state index is 0.366. The molecule has 0 radical (unpaired) electrons.